The molecule has 1 aliphatic rings. The zero-order valence-electron chi connectivity index (χ0n) is 9.61. The highest BCUT2D eigenvalue weighted by Gasteiger charge is 2.26. The van der Waals surface area contributed by atoms with E-state index in [4.69, 9.17) is 20.7 Å². The number of nitrogens with two attached hydrogens (primary N) is 1. The zero-order chi connectivity index (χ0) is 12.8. The zero-order valence-corrected chi connectivity index (χ0v) is 9.61. The first-order valence-electron chi connectivity index (χ1n) is 5.26. The third-order valence-corrected chi connectivity index (χ3v) is 2.45. The van der Waals surface area contributed by atoms with Crippen LogP contribution in [0.1, 0.15) is 19.1 Å². The Morgan fingerprint density at radius 3 is 2.82 bits per heavy atom. The number of aliphatic hydroxyl groups is 2. The topological polar surface area (TPSA) is 111 Å². The minimum atomic E-state index is -0.418. The van der Waals surface area contributed by atoms with Gasteiger partial charge in [0.2, 0.25) is 0 Å². The first kappa shape index (κ1) is 13.6. The van der Waals surface area contributed by atoms with Gasteiger partial charge in [0.15, 0.2) is 0 Å². The predicted molar refractivity (Wildman–Crippen MR) is 61.3 cm³/mol. The van der Waals surface area contributed by atoms with Crippen molar-refractivity contribution >= 4 is 5.82 Å². The van der Waals surface area contributed by atoms with Gasteiger partial charge in [0.1, 0.15) is 12.0 Å². The second kappa shape index (κ2) is 6.33. The van der Waals surface area contributed by atoms with Gasteiger partial charge in [-0.3, -0.25) is 4.57 Å². The lowest BCUT2D eigenvalue weighted by atomic mass is 10.2. The molecule has 17 heavy (non-hydrogen) atoms. The Bertz CT molecular complexity index is 407. The van der Waals surface area contributed by atoms with E-state index in [0.29, 0.717) is 6.42 Å². The standard InChI is InChI=1S/C9H13N3O3.CH4O/c10-7-3-4-12(9(14)11-7)8-2-1-6(5-13)15-8;1-2/h3-4,6,8,13H,1-2,5H2,(H2,10,11,14);2H,1H3/t6-,8+;/m0./s1. The van der Waals surface area contributed by atoms with Crippen LogP contribution in [0.3, 0.4) is 0 Å². The van der Waals surface area contributed by atoms with Crippen LogP contribution in [0.4, 0.5) is 5.82 Å². The van der Waals surface area contributed by atoms with Crippen LogP contribution in [-0.2, 0) is 4.74 Å². The Balaban J connectivity index is 0.000000686. The molecule has 1 aromatic rings. The molecule has 96 valence electrons. The van der Waals surface area contributed by atoms with Crippen molar-refractivity contribution in [2.45, 2.75) is 25.2 Å². The molecule has 2 atom stereocenters. The minimum absolute atomic E-state index is 0.0202. The summed E-state index contributed by atoms with van der Waals surface area (Å²) in [5, 5.41) is 15.9. The van der Waals surface area contributed by atoms with Crippen LogP contribution in [0.15, 0.2) is 17.1 Å². The van der Waals surface area contributed by atoms with Gasteiger partial charge in [-0.25, -0.2) is 4.79 Å². The van der Waals surface area contributed by atoms with E-state index in [1.54, 1.807) is 12.3 Å². The molecule has 7 nitrogen and oxygen atoms in total. The first-order chi connectivity index (χ1) is 8.20. The van der Waals surface area contributed by atoms with Gasteiger partial charge in [0, 0.05) is 13.3 Å². The van der Waals surface area contributed by atoms with E-state index in [0.717, 1.165) is 13.5 Å². The maximum Gasteiger partial charge on any atom is 0.351 e. The summed E-state index contributed by atoms with van der Waals surface area (Å²) >= 11 is 0. The molecule has 0 unspecified atom stereocenters. The Hall–Kier alpha value is -1.44. The smallest absolute Gasteiger partial charge is 0.351 e. The van der Waals surface area contributed by atoms with Crippen LogP contribution < -0.4 is 11.4 Å². The summed E-state index contributed by atoms with van der Waals surface area (Å²) < 4.78 is 6.84. The molecule has 1 saturated heterocycles. The van der Waals surface area contributed by atoms with Gasteiger partial charge in [-0.2, -0.15) is 4.98 Å². The molecule has 1 aromatic heterocycles. The van der Waals surface area contributed by atoms with Gasteiger partial charge in [-0.15, -0.1) is 0 Å². The number of anilines is 1. The van der Waals surface area contributed by atoms with E-state index in [9.17, 15) is 4.79 Å². The highest BCUT2D eigenvalue weighted by Crippen LogP contribution is 2.26. The molecule has 1 fully saturated rings. The van der Waals surface area contributed by atoms with Gasteiger partial charge in [-0.05, 0) is 18.9 Å². The van der Waals surface area contributed by atoms with Crippen LogP contribution in [0.25, 0.3) is 0 Å². The van der Waals surface area contributed by atoms with Crippen molar-refractivity contribution in [2.24, 2.45) is 0 Å². The summed E-state index contributed by atoms with van der Waals surface area (Å²) in [6, 6.07) is 1.55. The fourth-order valence-electron chi connectivity index (χ4n) is 1.67. The summed E-state index contributed by atoms with van der Waals surface area (Å²) in [6.07, 6.45) is 2.51. The minimum Gasteiger partial charge on any atom is -0.400 e. The number of aromatic nitrogens is 2. The van der Waals surface area contributed by atoms with Crippen molar-refractivity contribution in [3.05, 3.63) is 22.7 Å². The number of aliphatic hydroxyl groups excluding tert-OH is 2. The molecule has 0 bridgehead atoms. The van der Waals surface area contributed by atoms with Gasteiger partial charge in [0.25, 0.3) is 0 Å². The van der Waals surface area contributed by atoms with Crippen molar-refractivity contribution < 1.29 is 14.9 Å². The largest absolute Gasteiger partial charge is 0.400 e. The number of hydrogen-bond donors (Lipinski definition) is 3. The summed E-state index contributed by atoms with van der Waals surface area (Å²) in [7, 11) is 1.00. The van der Waals surface area contributed by atoms with Gasteiger partial charge in [0.05, 0.1) is 12.7 Å². The van der Waals surface area contributed by atoms with Crippen LogP contribution in [-0.4, -0.2) is 39.6 Å². The average molecular weight is 243 g/mol. The first-order valence-corrected chi connectivity index (χ1v) is 5.26. The molecule has 0 spiro atoms. The molecule has 0 radical (unpaired) electrons. The maximum absolute atomic E-state index is 11.5. The fraction of sp³-hybridized carbons (Fsp3) is 0.600. The lowest BCUT2D eigenvalue weighted by molar-refractivity contribution is -0.0245. The fourth-order valence-corrected chi connectivity index (χ4v) is 1.67. The Kier molecular flexibility index (Phi) is 5.08. The SMILES string of the molecule is CO.Nc1ccn([C@H]2CC[C@@H](CO)O2)c(=O)n1. The van der Waals surface area contributed by atoms with Crippen molar-refractivity contribution in [1.29, 1.82) is 0 Å². The number of rotatable bonds is 2. The Morgan fingerprint density at radius 2 is 2.29 bits per heavy atom. The number of hydrogen-bond acceptors (Lipinski definition) is 6. The molecule has 0 saturated carbocycles. The van der Waals surface area contributed by atoms with Crippen LogP contribution in [0.2, 0.25) is 0 Å². The molecule has 0 amide bonds. The van der Waals surface area contributed by atoms with Gasteiger partial charge >= 0.3 is 5.69 Å². The Labute approximate surface area is 98.5 Å². The molecule has 2 heterocycles. The monoisotopic (exact) mass is 243 g/mol. The average Bonchev–Trinajstić information content (AvgIpc) is 2.80. The quantitative estimate of drug-likeness (QED) is 0.621. The number of ether oxygens (including phenoxy) is 1. The van der Waals surface area contributed by atoms with Gasteiger partial charge in [-0.1, -0.05) is 0 Å². The molecule has 1 aliphatic heterocycles. The van der Waals surface area contributed by atoms with Crippen LogP contribution >= 0.6 is 0 Å². The van der Waals surface area contributed by atoms with Crippen molar-refractivity contribution in [1.82, 2.24) is 9.55 Å². The summed E-state index contributed by atoms with van der Waals surface area (Å²) in [5.41, 5.74) is 4.96. The molecule has 0 aromatic carbocycles. The number of nitrogens with zero attached hydrogens (tertiary/aromatic N) is 2. The second-order valence-electron chi connectivity index (χ2n) is 3.51. The molecule has 4 N–H and O–H groups in total. The van der Waals surface area contributed by atoms with E-state index in [1.807, 2.05) is 0 Å². The normalized spacial score (nSPS) is 23.0. The molecule has 0 aliphatic carbocycles. The summed E-state index contributed by atoms with van der Waals surface area (Å²) in [6.45, 7) is -0.0202. The molecule has 7 heteroatoms. The van der Waals surface area contributed by atoms with E-state index < -0.39 is 5.69 Å². The highest BCUT2D eigenvalue weighted by atomic mass is 16.5. The number of nitrogen functional groups attached to an aromatic ring is 1. The lowest BCUT2D eigenvalue weighted by Gasteiger charge is -2.14. The van der Waals surface area contributed by atoms with Crippen LogP contribution in [0.5, 0.6) is 0 Å². The third kappa shape index (κ3) is 3.26. The molecular formula is C10H17N3O4. The lowest BCUT2D eigenvalue weighted by Crippen LogP contribution is -2.27. The van der Waals surface area contributed by atoms with Gasteiger partial charge < -0.3 is 20.7 Å². The maximum atomic E-state index is 11.5. The van der Waals surface area contributed by atoms with E-state index in [1.165, 1.54) is 4.57 Å². The van der Waals surface area contributed by atoms with E-state index >= 15 is 0 Å². The predicted octanol–water partition coefficient (Wildman–Crippen LogP) is -0.896. The molecule has 2 rings (SSSR count). The van der Waals surface area contributed by atoms with Crippen molar-refractivity contribution in [2.75, 3.05) is 19.5 Å². The summed E-state index contributed by atoms with van der Waals surface area (Å²) in [4.78, 5) is 15.1. The van der Waals surface area contributed by atoms with E-state index in [2.05, 4.69) is 4.98 Å². The summed E-state index contributed by atoms with van der Waals surface area (Å²) in [5.74, 6) is 0.202. The van der Waals surface area contributed by atoms with Crippen molar-refractivity contribution in [3.8, 4) is 0 Å². The van der Waals surface area contributed by atoms with Crippen molar-refractivity contribution in [3.63, 3.8) is 0 Å². The van der Waals surface area contributed by atoms with E-state index in [-0.39, 0.29) is 24.8 Å². The Morgan fingerprint density at radius 1 is 1.59 bits per heavy atom. The van der Waals surface area contributed by atoms with Crippen LogP contribution in [0, 0.1) is 0 Å². The second-order valence-corrected chi connectivity index (χ2v) is 3.51. The molecular weight excluding hydrogens is 226 g/mol. The third-order valence-electron chi connectivity index (χ3n) is 2.45. The highest BCUT2D eigenvalue weighted by molar-refractivity contribution is 5.23.